The van der Waals surface area contributed by atoms with Crippen LogP contribution in [-0.4, -0.2) is 234 Å². The normalized spacial score (nSPS) is 12.5. The fourth-order valence-corrected chi connectivity index (χ4v) is 3.37. The van der Waals surface area contributed by atoms with Gasteiger partial charge < -0.3 is 86.4 Å². The number of rotatable bonds is 42. The Morgan fingerprint density at radius 2 is 0.596 bits per heavy atom. The SMILES string of the molecule is COCC(C)OCC(C)OCC(C)OC.COCCOCCOCCOCCO.COCCOCCOCCOCCOC.OCCCOCCCOCCCO. The van der Waals surface area contributed by atoms with E-state index in [9.17, 15) is 0 Å². The predicted molar refractivity (Wildman–Crippen MR) is 216 cm³/mol. The first kappa shape index (κ1) is 62.9. The molecule has 0 radical (unpaired) electrons. The van der Waals surface area contributed by atoms with Crippen LogP contribution in [0.2, 0.25) is 0 Å². The Bertz CT molecular complexity index is 610. The summed E-state index contributed by atoms with van der Waals surface area (Å²) in [6.45, 7) is 19.4. The minimum atomic E-state index is 0.0557. The zero-order valence-electron chi connectivity index (χ0n) is 37.0. The van der Waals surface area contributed by atoms with Crippen LogP contribution in [0.5, 0.6) is 0 Å². The van der Waals surface area contributed by atoms with Gasteiger partial charge in [0.05, 0.1) is 144 Å². The second-order valence-corrected chi connectivity index (χ2v) is 11.9. The Morgan fingerprint density at radius 1 is 0.298 bits per heavy atom. The van der Waals surface area contributed by atoms with Crippen LogP contribution in [0.3, 0.4) is 0 Å². The first-order chi connectivity index (χ1) is 27.8. The molecule has 0 aromatic heterocycles. The average molecular weight is 843 g/mol. The minimum absolute atomic E-state index is 0.0557. The fraction of sp³-hybridized carbons (Fsp3) is 1.00. The molecule has 18 heteroatoms. The smallest absolute Gasteiger partial charge is 0.0781 e. The van der Waals surface area contributed by atoms with Gasteiger partial charge >= 0.3 is 0 Å². The molecule has 350 valence electrons. The highest BCUT2D eigenvalue weighted by molar-refractivity contribution is 4.54. The van der Waals surface area contributed by atoms with E-state index in [1.54, 1.807) is 35.5 Å². The highest BCUT2D eigenvalue weighted by atomic mass is 16.6. The van der Waals surface area contributed by atoms with Gasteiger partial charge in [-0.2, -0.15) is 0 Å². The largest absolute Gasteiger partial charge is 0.396 e. The first-order valence-corrected chi connectivity index (χ1v) is 20.0. The van der Waals surface area contributed by atoms with Gasteiger partial charge in [-0.15, -0.1) is 0 Å². The summed E-state index contributed by atoms with van der Waals surface area (Å²) in [6, 6.07) is 0. The van der Waals surface area contributed by atoms with Crippen LogP contribution in [0, 0.1) is 0 Å². The molecule has 0 amide bonds. The molecule has 0 aliphatic heterocycles. The van der Waals surface area contributed by atoms with Crippen molar-refractivity contribution in [3.8, 4) is 0 Å². The lowest BCUT2D eigenvalue weighted by Gasteiger charge is -2.18. The van der Waals surface area contributed by atoms with Gasteiger partial charge in [0.1, 0.15) is 0 Å². The lowest BCUT2D eigenvalue weighted by Crippen LogP contribution is -2.26. The highest BCUT2D eigenvalue weighted by Gasteiger charge is 2.08. The maximum atomic E-state index is 8.44. The molecule has 0 aliphatic rings. The molecule has 0 fully saturated rings. The van der Waals surface area contributed by atoms with Crippen molar-refractivity contribution >= 4 is 0 Å². The Morgan fingerprint density at radius 3 is 0.912 bits per heavy atom. The second kappa shape index (κ2) is 61.9. The maximum absolute atomic E-state index is 8.44. The molecule has 0 spiro atoms. The summed E-state index contributed by atoms with van der Waals surface area (Å²) in [5.74, 6) is 0. The molecule has 0 saturated heterocycles. The molecule has 0 aromatic rings. The van der Waals surface area contributed by atoms with E-state index < -0.39 is 0 Å². The third-order valence-corrected chi connectivity index (χ3v) is 6.52. The molecular formula is C39H86O18. The van der Waals surface area contributed by atoms with Gasteiger partial charge in [0.2, 0.25) is 0 Å². The fourth-order valence-electron chi connectivity index (χ4n) is 3.37. The molecular weight excluding hydrogens is 756 g/mol. The lowest BCUT2D eigenvalue weighted by molar-refractivity contribution is -0.0709. The molecule has 0 heterocycles. The summed E-state index contributed by atoms with van der Waals surface area (Å²) in [5, 5.41) is 25.3. The number of aliphatic hydroxyl groups is 3. The van der Waals surface area contributed by atoms with Gasteiger partial charge in [0, 0.05) is 75.2 Å². The standard InChI is InChI=1S/C11H24O4.C10H22O5.C9H20O5.C9H20O4/c1-9(13-5)7-14-11(3)8-15-10(2)6-12-4;1-11-3-5-13-7-9-15-10-8-14-6-4-12-2;1-11-4-5-13-8-9-14-7-6-12-3-2-10;10-4-1-6-12-8-3-9-13-7-2-5-11/h9-11H,6-8H2,1-5H3;3-10H2,1-2H3;10H,2-9H2,1H3;10-11H,1-9H2. The van der Waals surface area contributed by atoms with E-state index >= 15 is 0 Å². The third kappa shape index (κ3) is 70.2. The summed E-state index contributed by atoms with van der Waals surface area (Å²) >= 11 is 0. The number of methoxy groups -OCH3 is 5. The summed E-state index contributed by atoms with van der Waals surface area (Å²) < 4.78 is 77.0. The quantitative estimate of drug-likeness (QED) is 0.0750. The van der Waals surface area contributed by atoms with E-state index in [0.717, 1.165) is 6.42 Å². The molecule has 0 aliphatic carbocycles. The van der Waals surface area contributed by atoms with Crippen molar-refractivity contribution in [1.29, 1.82) is 0 Å². The predicted octanol–water partition coefficient (Wildman–Crippen LogP) is 1.66. The van der Waals surface area contributed by atoms with Crippen LogP contribution >= 0.6 is 0 Å². The average Bonchev–Trinajstić information content (AvgIpc) is 3.22. The Hall–Kier alpha value is -0.720. The topological polar surface area (TPSA) is 199 Å². The lowest BCUT2D eigenvalue weighted by atomic mass is 10.4. The monoisotopic (exact) mass is 843 g/mol. The van der Waals surface area contributed by atoms with E-state index in [4.69, 9.17) is 86.4 Å². The van der Waals surface area contributed by atoms with Crippen LogP contribution in [0.25, 0.3) is 0 Å². The molecule has 18 nitrogen and oxygen atoms in total. The van der Waals surface area contributed by atoms with Crippen LogP contribution in [-0.2, 0) is 71.1 Å². The molecule has 3 atom stereocenters. The van der Waals surface area contributed by atoms with Gasteiger partial charge in [-0.05, 0) is 40.0 Å². The van der Waals surface area contributed by atoms with Crippen LogP contribution in [0.15, 0.2) is 0 Å². The Kier molecular flexibility index (Phi) is 68.4. The first-order valence-electron chi connectivity index (χ1n) is 20.0. The summed E-state index contributed by atoms with van der Waals surface area (Å²) in [4.78, 5) is 0. The number of ether oxygens (including phenoxy) is 15. The van der Waals surface area contributed by atoms with Gasteiger partial charge in [0.25, 0.3) is 0 Å². The van der Waals surface area contributed by atoms with Gasteiger partial charge in [0.15, 0.2) is 0 Å². The highest BCUT2D eigenvalue weighted by Crippen LogP contribution is 1.99. The van der Waals surface area contributed by atoms with Crippen molar-refractivity contribution in [2.75, 3.05) is 201 Å². The number of hydrogen-bond donors (Lipinski definition) is 3. The van der Waals surface area contributed by atoms with Crippen molar-refractivity contribution in [3.63, 3.8) is 0 Å². The summed E-state index contributed by atoms with van der Waals surface area (Å²) in [6.07, 6.45) is 2.60. The van der Waals surface area contributed by atoms with Crippen molar-refractivity contribution < 1.29 is 86.4 Å². The van der Waals surface area contributed by atoms with E-state index in [0.29, 0.717) is 158 Å². The van der Waals surface area contributed by atoms with Crippen molar-refractivity contribution in [1.82, 2.24) is 0 Å². The van der Waals surface area contributed by atoms with Crippen LogP contribution in [0.4, 0.5) is 0 Å². The van der Waals surface area contributed by atoms with E-state index in [-0.39, 0.29) is 38.1 Å². The van der Waals surface area contributed by atoms with Crippen molar-refractivity contribution in [3.05, 3.63) is 0 Å². The molecule has 3 unspecified atom stereocenters. The third-order valence-electron chi connectivity index (χ3n) is 6.52. The molecule has 57 heavy (non-hydrogen) atoms. The van der Waals surface area contributed by atoms with Crippen LogP contribution < -0.4 is 0 Å². The molecule has 3 N–H and O–H groups in total. The summed E-state index contributed by atoms with van der Waals surface area (Å²) in [5.41, 5.74) is 0. The molecule has 0 saturated carbocycles. The van der Waals surface area contributed by atoms with Gasteiger partial charge in [-0.1, -0.05) is 0 Å². The number of hydrogen-bond acceptors (Lipinski definition) is 18. The van der Waals surface area contributed by atoms with E-state index in [2.05, 4.69) is 0 Å². The van der Waals surface area contributed by atoms with E-state index in [1.807, 2.05) is 20.8 Å². The second-order valence-electron chi connectivity index (χ2n) is 11.9. The molecule has 0 rings (SSSR count). The van der Waals surface area contributed by atoms with Gasteiger partial charge in [-0.25, -0.2) is 0 Å². The maximum Gasteiger partial charge on any atom is 0.0781 e. The minimum Gasteiger partial charge on any atom is -0.396 e. The van der Waals surface area contributed by atoms with Crippen molar-refractivity contribution in [2.45, 2.75) is 58.3 Å². The zero-order valence-corrected chi connectivity index (χ0v) is 37.0. The van der Waals surface area contributed by atoms with E-state index in [1.165, 1.54) is 0 Å². The summed E-state index contributed by atoms with van der Waals surface area (Å²) in [7, 11) is 8.28. The molecule has 0 aromatic carbocycles. The zero-order chi connectivity index (χ0) is 43.1. The number of aliphatic hydroxyl groups excluding tert-OH is 3. The Labute approximate surface area is 345 Å². The molecule has 0 bridgehead atoms. The Balaban J connectivity index is -0.000000329. The van der Waals surface area contributed by atoms with Gasteiger partial charge in [-0.3, -0.25) is 0 Å². The van der Waals surface area contributed by atoms with Crippen LogP contribution in [0.1, 0.15) is 40.0 Å². The van der Waals surface area contributed by atoms with Crippen molar-refractivity contribution in [2.24, 2.45) is 0 Å².